The average molecular weight is 305 g/mol. The molecule has 0 aromatic heterocycles. The molecule has 0 aromatic carbocycles. The molecule has 3 aliphatic rings. The zero-order valence-electron chi connectivity index (χ0n) is 14.0. The summed E-state index contributed by atoms with van der Waals surface area (Å²) in [4.78, 5) is 14.4. The van der Waals surface area contributed by atoms with E-state index in [1.165, 1.54) is 52.1 Å². The van der Waals surface area contributed by atoms with Crippen LogP contribution in [0.3, 0.4) is 0 Å². The molecule has 3 heteroatoms. The second-order valence-electron chi connectivity index (χ2n) is 7.42. The van der Waals surface area contributed by atoms with E-state index in [0.29, 0.717) is 0 Å². The Labute approximate surface area is 135 Å². The van der Waals surface area contributed by atoms with Crippen LogP contribution in [0.1, 0.15) is 57.8 Å². The molecule has 0 aromatic rings. The van der Waals surface area contributed by atoms with Crippen LogP contribution in [0.2, 0.25) is 0 Å². The maximum Gasteiger partial charge on any atom is 0.323 e. The standard InChI is InChI=1S/C19H31NO2/c1-22-19(21)18-11-4-5-13-20(18)14-12-16-9-6-8-15-7-2-3-10-17(15)16/h2-3,15-18H,4-14H2,1H3. The summed E-state index contributed by atoms with van der Waals surface area (Å²) in [7, 11) is 1.52. The first-order valence-electron chi connectivity index (χ1n) is 9.26. The first-order valence-corrected chi connectivity index (χ1v) is 9.26. The molecule has 0 radical (unpaired) electrons. The number of methoxy groups -OCH3 is 1. The Hall–Kier alpha value is -0.830. The van der Waals surface area contributed by atoms with Crippen LogP contribution in [-0.4, -0.2) is 37.1 Å². The summed E-state index contributed by atoms with van der Waals surface area (Å²) in [5.41, 5.74) is 0. The van der Waals surface area contributed by atoms with Gasteiger partial charge in [0.25, 0.3) is 0 Å². The summed E-state index contributed by atoms with van der Waals surface area (Å²) in [5, 5.41) is 0. The quantitative estimate of drug-likeness (QED) is 0.584. The fraction of sp³-hybridized carbons (Fsp3) is 0.842. The van der Waals surface area contributed by atoms with Crippen LogP contribution in [-0.2, 0) is 9.53 Å². The second kappa shape index (κ2) is 7.63. The lowest BCUT2D eigenvalue weighted by Crippen LogP contribution is -2.46. The SMILES string of the molecule is COC(=O)C1CCCCN1CCC1CCCC2CC=CCC21. The van der Waals surface area contributed by atoms with E-state index in [4.69, 9.17) is 4.74 Å². The minimum Gasteiger partial charge on any atom is -0.468 e. The molecule has 1 aliphatic heterocycles. The summed E-state index contributed by atoms with van der Waals surface area (Å²) in [5.74, 6) is 2.67. The Morgan fingerprint density at radius 1 is 1.14 bits per heavy atom. The number of likely N-dealkylation sites (tertiary alicyclic amines) is 1. The summed E-state index contributed by atoms with van der Waals surface area (Å²) < 4.78 is 5.01. The monoisotopic (exact) mass is 305 g/mol. The molecule has 4 unspecified atom stereocenters. The number of hydrogen-bond acceptors (Lipinski definition) is 3. The van der Waals surface area contributed by atoms with Crippen LogP contribution in [0.5, 0.6) is 0 Å². The van der Waals surface area contributed by atoms with E-state index >= 15 is 0 Å². The lowest BCUT2D eigenvalue weighted by Gasteiger charge is -2.41. The maximum absolute atomic E-state index is 12.0. The van der Waals surface area contributed by atoms with Crippen LogP contribution in [0.15, 0.2) is 12.2 Å². The molecule has 2 fully saturated rings. The number of allylic oxidation sites excluding steroid dienone is 2. The van der Waals surface area contributed by atoms with E-state index in [1.54, 1.807) is 0 Å². The normalized spacial score (nSPS) is 35.9. The van der Waals surface area contributed by atoms with E-state index in [9.17, 15) is 4.79 Å². The Kier molecular flexibility index (Phi) is 5.56. The van der Waals surface area contributed by atoms with E-state index in [-0.39, 0.29) is 12.0 Å². The summed E-state index contributed by atoms with van der Waals surface area (Å²) >= 11 is 0. The lowest BCUT2D eigenvalue weighted by atomic mass is 9.66. The molecule has 3 nitrogen and oxygen atoms in total. The predicted octanol–water partition coefficient (Wildman–Crippen LogP) is 3.79. The number of fused-ring (bicyclic) bond motifs is 1. The van der Waals surface area contributed by atoms with Crippen molar-refractivity contribution in [1.29, 1.82) is 0 Å². The number of nitrogens with zero attached hydrogens (tertiary/aromatic N) is 1. The molecule has 0 bridgehead atoms. The van der Waals surface area contributed by atoms with Crippen molar-refractivity contribution in [3.63, 3.8) is 0 Å². The van der Waals surface area contributed by atoms with Gasteiger partial charge in [-0.3, -0.25) is 9.69 Å². The first kappa shape index (κ1) is 16.0. The number of carbonyl (C=O) groups excluding carboxylic acids is 1. The molecule has 22 heavy (non-hydrogen) atoms. The van der Waals surface area contributed by atoms with Gasteiger partial charge in [-0.05, 0) is 69.4 Å². The second-order valence-corrected chi connectivity index (χ2v) is 7.42. The van der Waals surface area contributed by atoms with Crippen molar-refractivity contribution >= 4 is 5.97 Å². The fourth-order valence-corrected chi connectivity index (χ4v) is 5.01. The first-order chi connectivity index (χ1) is 10.8. The highest BCUT2D eigenvalue weighted by atomic mass is 16.5. The van der Waals surface area contributed by atoms with Gasteiger partial charge in [0.15, 0.2) is 0 Å². The summed E-state index contributed by atoms with van der Waals surface area (Å²) in [6, 6.07) is 0.0180. The number of hydrogen-bond donors (Lipinski definition) is 0. The minimum absolute atomic E-state index is 0.0180. The molecule has 1 heterocycles. The Bertz CT molecular complexity index is 406. The molecule has 4 atom stereocenters. The van der Waals surface area contributed by atoms with E-state index in [0.717, 1.165) is 43.7 Å². The third-order valence-corrected chi connectivity index (χ3v) is 6.25. The van der Waals surface area contributed by atoms with E-state index < -0.39 is 0 Å². The molecule has 1 saturated heterocycles. The minimum atomic E-state index is -0.0261. The largest absolute Gasteiger partial charge is 0.468 e. The highest BCUT2D eigenvalue weighted by Crippen LogP contribution is 2.43. The number of carbonyl (C=O) groups is 1. The molecule has 2 aliphatic carbocycles. The molecule has 0 N–H and O–H groups in total. The van der Waals surface area contributed by atoms with Gasteiger partial charge in [0.2, 0.25) is 0 Å². The predicted molar refractivity (Wildman–Crippen MR) is 88.5 cm³/mol. The molecular weight excluding hydrogens is 274 g/mol. The third kappa shape index (κ3) is 3.56. The van der Waals surface area contributed by atoms with Gasteiger partial charge in [-0.25, -0.2) is 0 Å². The van der Waals surface area contributed by atoms with Gasteiger partial charge in [0.05, 0.1) is 7.11 Å². The fourth-order valence-electron chi connectivity index (χ4n) is 5.01. The Balaban J connectivity index is 1.56. The van der Waals surface area contributed by atoms with E-state index in [2.05, 4.69) is 17.1 Å². The van der Waals surface area contributed by atoms with Crippen LogP contribution >= 0.6 is 0 Å². The molecule has 0 spiro atoms. The smallest absolute Gasteiger partial charge is 0.323 e. The number of ether oxygens (including phenoxy) is 1. The number of esters is 1. The highest BCUT2D eigenvalue weighted by molar-refractivity contribution is 5.75. The van der Waals surface area contributed by atoms with Crippen LogP contribution in [0, 0.1) is 17.8 Å². The third-order valence-electron chi connectivity index (χ3n) is 6.25. The van der Waals surface area contributed by atoms with Gasteiger partial charge < -0.3 is 4.74 Å². The van der Waals surface area contributed by atoms with Crippen molar-refractivity contribution in [2.24, 2.45) is 17.8 Å². The lowest BCUT2D eigenvalue weighted by molar-refractivity contribution is -0.148. The van der Waals surface area contributed by atoms with Gasteiger partial charge in [0, 0.05) is 0 Å². The van der Waals surface area contributed by atoms with Crippen molar-refractivity contribution in [3.8, 4) is 0 Å². The number of rotatable bonds is 4. The van der Waals surface area contributed by atoms with Crippen molar-refractivity contribution in [3.05, 3.63) is 12.2 Å². The van der Waals surface area contributed by atoms with Crippen molar-refractivity contribution in [2.45, 2.75) is 63.8 Å². The zero-order chi connectivity index (χ0) is 15.4. The average Bonchev–Trinajstić information content (AvgIpc) is 2.59. The van der Waals surface area contributed by atoms with Crippen LogP contribution < -0.4 is 0 Å². The Morgan fingerprint density at radius 2 is 2.00 bits per heavy atom. The van der Waals surface area contributed by atoms with Crippen LogP contribution in [0.25, 0.3) is 0 Å². The molecular formula is C19H31NO2. The van der Waals surface area contributed by atoms with Gasteiger partial charge in [-0.1, -0.05) is 31.4 Å². The molecule has 124 valence electrons. The van der Waals surface area contributed by atoms with Gasteiger partial charge >= 0.3 is 5.97 Å². The Morgan fingerprint density at radius 3 is 2.86 bits per heavy atom. The van der Waals surface area contributed by atoms with Gasteiger partial charge in [-0.2, -0.15) is 0 Å². The molecule has 3 rings (SSSR count). The van der Waals surface area contributed by atoms with Crippen molar-refractivity contribution < 1.29 is 9.53 Å². The van der Waals surface area contributed by atoms with Gasteiger partial charge in [0.1, 0.15) is 6.04 Å². The topological polar surface area (TPSA) is 29.5 Å². The van der Waals surface area contributed by atoms with Crippen molar-refractivity contribution in [2.75, 3.05) is 20.2 Å². The molecule has 1 saturated carbocycles. The van der Waals surface area contributed by atoms with Crippen molar-refractivity contribution in [1.82, 2.24) is 4.90 Å². The summed E-state index contributed by atoms with van der Waals surface area (Å²) in [6.45, 7) is 2.15. The van der Waals surface area contributed by atoms with Crippen LogP contribution in [0.4, 0.5) is 0 Å². The molecule has 0 amide bonds. The van der Waals surface area contributed by atoms with E-state index in [1.807, 2.05) is 0 Å². The number of piperidine rings is 1. The zero-order valence-corrected chi connectivity index (χ0v) is 14.0. The maximum atomic E-state index is 12.0. The summed E-state index contributed by atoms with van der Waals surface area (Å²) in [6.07, 6.45) is 16.2. The van der Waals surface area contributed by atoms with Gasteiger partial charge in [-0.15, -0.1) is 0 Å². The highest BCUT2D eigenvalue weighted by Gasteiger charge is 2.35.